The Morgan fingerprint density at radius 2 is 0.939 bits per heavy atom. The Balaban J connectivity index is 1.37. The van der Waals surface area contributed by atoms with E-state index in [2.05, 4.69) is 13.8 Å². The Labute approximate surface area is 196 Å². The van der Waals surface area contributed by atoms with E-state index in [0.717, 1.165) is 63.0 Å². The molecule has 2 aliphatic rings. The fourth-order valence-corrected chi connectivity index (χ4v) is 4.53. The third-order valence-corrected chi connectivity index (χ3v) is 6.79. The highest BCUT2D eigenvalue weighted by atomic mass is 16.6. The zero-order chi connectivity index (χ0) is 23.3. The lowest BCUT2D eigenvalue weighted by atomic mass is 9.78. The number of amides is 2. The van der Waals surface area contributed by atoms with Crippen LogP contribution in [0.3, 0.4) is 0 Å². The molecule has 0 spiro atoms. The van der Waals surface area contributed by atoms with Crippen LogP contribution in [0.5, 0.6) is 11.5 Å². The van der Waals surface area contributed by atoms with Crippen molar-refractivity contribution in [3.8, 4) is 11.5 Å². The van der Waals surface area contributed by atoms with Gasteiger partial charge in [0.05, 0.1) is 0 Å². The van der Waals surface area contributed by atoms with Crippen molar-refractivity contribution in [1.82, 2.24) is 9.80 Å². The number of nitrogens with zero attached hydrogens (tertiary/aromatic N) is 2. The van der Waals surface area contributed by atoms with Crippen LogP contribution < -0.4 is 9.47 Å². The van der Waals surface area contributed by atoms with E-state index in [9.17, 15) is 9.59 Å². The lowest BCUT2D eigenvalue weighted by Crippen LogP contribution is -2.37. The Morgan fingerprint density at radius 3 is 1.27 bits per heavy atom. The van der Waals surface area contributed by atoms with Gasteiger partial charge in [0.1, 0.15) is 11.5 Å². The molecule has 2 aromatic carbocycles. The summed E-state index contributed by atoms with van der Waals surface area (Å²) in [7, 11) is 0. The molecular formula is C27H34N2O4. The lowest BCUT2D eigenvalue weighted by Gasteiger charge is -2.28. The lowest BCUT2D eigenvalue weighted by molar-refractivity contribution is 0.142. The van der Waals surface area contributed by atoms with Gasteiger partial charge >= 0.3 is 12.2 Å². The van der Waals surface area contributed by atoms with Gasteiger partial charge in [0.25, 0.3) is 0 Å². The third kappa shape index (κ3) is 5.67. The molecule has 0 atom stereocenters. The molecule has 2 fully saturated rings. The summed E-state index contributed by atoms with van der Waals surface area (Å²) in [6, 6.07) is 15.4. The molecule has 0 bridgehead atoms. The van der Waals surface area contributed by atoms with Gasteiger partial charge in [-0.05, 0) is 73.9 Å². The molecule has 0 saturated carbocycles. The number of carbonyl (C=O) groups excluding carboxylic acids is 2. The van der Waals surface area contributed by atoms with Crippen LogP contribution in [-0.4, -0.2) is 48.2 Å². The van der Waals surface area contributed by atoms with Crippen LogP contribution in [0.25, 0.3) is 0 Å². The van der Waals surface area contributed by atoms with E-state index in [1.807, 2.05) is 48.5 Å². The van der Waals surface area contributed by atoms with Crippen LogP contribution in [0.2, 0.25) is 0 Å². The average Bonchev–Trinajstić information content (AvgIpc) is 2.86. The zero-order valence-corrected chi connectivity index (χ0v) is 19.7. The fraction of sp³-hybridized carbons (Fsp3) is 0.481. The predicted octanol–water partition coefficient (Wildman–Crippen LogP) is 5.98. The van der Waals surface area contributed by atoms with Gasteiger partial charge in [-0.15, -0.1) is 0 Å². The highest BCUT2D eigenvalue weighted by Gasteiger charge is 2.25. The SMILES string of the molecule is CC(C)(c1ccc(OC(=O)N2CCCCC2)cc1)c1ccc(OC(=O)N2CCCCC2)cc1. The second-order valence-corrected chi connectivity index (χ2v) is 9.51. The Bertz CT molecular complexity index is 864. The highest BCUT2D eigenvalue weighted by molar-refractivity contribution is 5.71. The molecule has 2 amide bonds. The molecule has 0 unspecified atom stereocenters. The summed E-state index contributed by atoms with van der Waals surface area (Å²) in [6.45, 7) is 7.38. The van der Waals surface area contributed by atoms with Crippen LogP contribution in [-0.2, 0) is 5.41 Å². The second kappa shape index (κ2) is 10.3. The standard InChI is InChI=1S/C27H34N2O4/c1-27(2,21-9-13-23(14-10-21)32-25(30)28-17-5-3-6-18-28)22-11-15-24(16-12-22)33-26(31)29-19-7-4-8-20-29/h9-16H,3-8,17-20H2,1-2H3. The number of benzene rings is 2. The summed E-state index contributed by atoms with van der Waals surface area (Å²) in [5, 5.41) is 0. The minimum absolute atomic E-state index is 0.259. The van der Waals surface area contributed by atoms with Crippen molar-refractivity contribution < 1.29 is 19.1 Å². The van der Waals surface area contributed by atoms with Crippen molar-refractivity contribution in [3.63, 3.8) is 0 Å². The van der Waals surface area contributed by atoms with Crippen molar-refractivity contribution in [2.24, 2.45) is 0 Å². The smallest absolute Gasteiger partial charge is 0.410 e. The minimum Gasteiger partial charge on any atom is -0.410 e. The maximum atomic E-state index is 12.3. The van der Waals surface area contributed by atoms with E-state index in [1.165, 1.54) is 12.8 Å². The monoisotopic (exact) mass is 450 g/mol. The number of carbonyl (C=O) groups is 2. The summed E-state index contributed by atoms with van der Waals surface area (Å²) in [6.07, 6.45) is 5.98. The number of hydrogen-bond acceptors (Lipinski definition) is 4. The van der Waals surface area contributed by atoms with E-state index < -0.39 is 0 Å². The number of ether oxygens (including phenoxy) is 2. The summed E-state index contributed by atoms with van der Waals surface area (Å²) in [5.74, 6) is 1.12. The molecule has 4 rings (SSSR count). The summed E-state index contributed by atoms with van der Waals surface area (Å²) in [4.78, 5) is 28.2. The molecule has 6 nitrogen and oxygen atoms in total. The van der Waals surface area contributed by atoms with Gasteiger partial charge in [-0.2, -0.15) is 0 Å². The minimum atomic E-state index is -0.267. The molecule has 2 heterocycles. The molecule has 2 aromatic rings. The van der Waals surface area contributed by atoms with Crippen molar-refractivity contribution in [2.75, 3.05) is 26.2 Å². The normalized spacial score (nSPS) is 16.9. The number of likely N-dealkylation sites (tertiary alicyclic amines) is 2. The van der Waals surface area contributed by atoms with Crippen LogP contribution in [0.1, 0.15) is 63.5 Å². The van der Waals surface area contributed by atoms with Gasteiger partial charge in [-0.3, -0.25) is 0 Å². The van der Waals surface area contributed by atoms with Crippen LogP contribution >= 0.6 is 0 Å². The van der Waals surface area contributed by atoms with Gasteiger partial charge in [-0.25, -0.2) is 9.59 Å². The molecule has 176 valence electrons. The largest absolute Gasteiger partial charge is 0.415 e. The van der Waals surface area contributed by atoms with Gasteiger partial charge in [-0.1, -0.05) is 38.1 Å². The molecule has 2 aliphatic heterocycles. The number of hydrogen-bond donors (Lipinski definition) is 0. The quantitative estimate of drug-likeness (QED) is 0.575. The summed E-state index contributed by atoms with van der Waals surface area (Å²) < 4.78 is 11.1. The molecular weight excluding hydrogens is 416 g/mol. The maximum Gasteiger partial charge on any atom is 0.415 e. The third-order valence-electron chi connectivity index (χ3n) is 6.79. The second-order valence-electron chi connectivity index (χ2n) is 9.51. The van der Waals surface area contributed by atoms with Crippen molar-refractivity contribution in [2.45, 2.75) is 57.8 Å². The summed E-state index contributed by atoms with van der Waals surface area (Å²) in [5.41, 5.74) is 1.96. The Morgan fingerprint density at radius 1 is 0.606 bits per heavy atom. The van der Waals surface area contributed by atoms with Crippen molar-refractivity contribution >= 4 is 12.2 Å². The zero-order valence-electron chi connectivity index (χ0n) is 19.7. The fourth-order valence-electron chi connectivity index (χ4n) is 4.53. The summed E-state index contributed by atoms with van der Waals surface area (Å²) >= 11 is 0. The molecule has 0 aromatic heterocycles. The van der Waals surface area contributed by atoms with Crippen LogP contribution in [0.15, 0.2) is 48.5 Å². The maximum absolute atomic E-state index is 12.3. The van der Waals surface area contributed by atoms with E-state index in [4.69, 9.17) is 9.47 Å². The average molecular weight is 451 g/mol. The van der Waals surface area contributed by atoms with Gasteiger partial charge in [0.2, 0.25) is 0 Å². The molecule has 6 heteroatoms. The molecule has 0 N–H and O–H groups in total. The molecule has 0 aliphatic carbocycles. The van der Waals surface area contributed by atoms with Gasteiger partial charge < -0.3 is 19.3 Å². The first-order valence-electron chi connectivity index (χ1n) is 12.1. The first-order chi connectivity index (χ1) is 15.9. The Hall–Kier alpha value is -3.02. The van der Waals surface area contributed by atoms with E-state index in [-0.39, 0.29) is 17.6 Å². The van der Waals surface area contributed by atoms with E-state index >= 15 is 0 Å². The first kappa shape index (κ1) is 23.1. The highest BCUT2D eigenvalue weighted by Crippen LogP contribution is 2.33. The topological polar surface area (TPSA) is 59.1 Å². The first-order valence-corrected chi connectivity index (χ1v) is 12.1. The van der Waals surface area contributed by atoms with Crippen molar-refractivity contribution in [1.29, 1.82) is 0 Å². The molecule has 2 saturated heterocycles. The van der Waals surface area contributed by atoms with Crippen LogP contribution in [0.4, 0.5) is 9.59 Å². The van der Waals surface area contributed by atoms with E-state index in [1.54, 1.807) is 9.80 Å². The van der Waals surface area contributed by atoms with Gasteiger partial charge in [0, 0.05) is 31.6 Å². The molecule has 0 radical (unpaired) electrons. The predicted molar refractivity (Wildman–Crippen MR) is 128 cm³/mol. The van der Waals surface area contributed by atoms with E-state index in [0.29, 0.717) is 11.5 Å². The molecule has 33 heavy (non-hydrogen) atoms. The van der Waals surface area contributed by atoms with Crippen LogP contribution in [0, 0.1) is 0 Å². The van der Waals surface area contributed by atoms with Gasteiger partial charge in [0.15, 0.2) is 0 Å². The Kier molecular flexibility index (Phi) is 7.21. The van der Waals surface area contributed by atoms with Crippen molar-refractivity contribution in [3.05, 3.63) is 59.7 Å². The number of rotatable bonds is 4. The number of piperidine rings is 2.